The smallest absolute Gasteiger partial charge is 0.183 e. The lowest BCUT2D eigenvalue weighted by atomic mass is 9.98. The van der Waals surface area contributed by atoms with Crippen LogP contribution in [0, 0.1) is 17.6 Å². The van der Waals surface area contributed by atoms with Crippen LogP contribution in [0.4, 0.5) is 8.78 Å². The maximum Gasteiger partial charge on any atom is 0.183 e. The summed E-state index contributed by atoms with van der Waals surface area (Å²) in [5.74, 6) is -0.170. The van der Waals surface area contributed by atoms with Crippen LogP contribution in [0.3, 0.4) is 0 Å². The standard InChI is InChI=1S/C28H28F2O3/c1-3-5-6-19-17-32-28(33-18-19)23-11-13-24(25(29)16-23)21-9-7-20(8-10-21)22-12-14-27(31-4-2)26(30)15-22/h3,7-16,19,28H,1,4-6,17-18H2,2H3. The second-order valence-electron chi connectivity index (χ2n) is 8.13. The molecular formula is C28H28F2O3. The SMILES string of the molecule is C=CCCC1COC(c2ccc(-c3ccc(-c4ccc(OCC)c(F)c4)cc3)c(F)c2)OC1. The Morgan fingerprint density at radius 2 is 1.61 bits per heavy atom. The van der Waals surface area contributed by atoms with Gasteiger partial charge in [0, 0.05) is 17.0 Å². The van der Waals surface area contributed by atoms with E-state index in [9.17, 15) is 8.78 Å². The van der Waals surface area contributed by atoms with Gasteiger partial charge in [-0.3, -0.25) is 0 Å². The second kappa shape index (κ2) is 10.7. The van der Waals surface area contributed by atoms with E-state index in [-0.39, 0.29) is 11.6 Å². The summed E-state index contributed by atoms with van der Waals surface area (Å²) in [5, 5.41) is 0. The zero-order valence-corrected chi connectivity index (χ0v) is 18.7. The van der Waals surface area contributed by atoms with Crippen molar-refractivity contribution in [2.45, 2.75) is 26.1 Å². The van der Waals surface area contributed by atoms with E-state index in [1.165, 1.54) is 12.1 Å². The summed E-state index contributed by atoms with van der Waals surface area (Å²) < 4.78 is 46.0. The molecule has 4 rings (SSSR count). The van der Waals surface area contributed by atoms with Crippen molar-refractivity contribution < 1.29 is 23.0 Å². The van der Waals surface area contributed by atoms with Gasteiger partial charge in [0.05, 0.1) is 19.8 Å². The molecule has 0 aromatic heterocycles. The minimum atomic E-state index is -0.550. The molecule has 0 bridgehead atoms. The van der Waals surface area contributed by atoms with Gasteiger partial charge in [0.25, 0.3) is 0 Å². The molecule has 1 aliphatic rings. The molecule has 0 atom stereocenters. The highest BCUT2D eigenvalue weighted by atomic mass is 19.1. The van der Waals surface area contributed by atoms with Gasteiger partial charge in [-0.05, 0) is 54.7 Å². The van der Waals surface area contributed by atoms with Crippen molar-refractivity contribution in [2.24, 2.45) is 5.92 Å². The Hall–Kier alpha value is -3.02. The molecule has 3 aromatic carbocycles. The van der Waals surface area contributed by atoms with Gasteiger partial charge in [-0.25, -0.2) is 8.78 Å². The molecule has 33 heavy (non-hydrogen) atoms. The number of hydrogen-bond acceptors (Lipinski definition) is 3. The monoisotopic (exact) mass is 450 g/mol. The number of allylic oxidation sites excluding steroid dienone is 1. The van der Waals surface area contributed by atoms with E-state index in [0.717, 1.165) is 29.5 Å². The van der Waals surface area contributed by atoms with Gasteiger partial charge in [-0.15, -0.1) is 6.58 Å². The first-order chi connectivity index (χ1) is 16.1. The molecule has 0 saturated carbocycles. The van der Waals surface area contributed by atoms with Gasteiger partial charge in [-0.1, -0.05) is 48.5 Å². The number of halogens is 2. The third-order valence-electron chi connectivity index (χ3n) is 5.77. The van der Waals surface area contributed by atoms with E-state index in [1.807, 2.05) is 49.4 Å². The molecule has 1 heterocycles. The van der Waals surface area contributed by atoms with E-state index in [4.69, 9.17) is 14.2 Å². The lowest BCUT2D eigenvalue weighted by molar-refractivity contribution is -0.205. The number of rotatable bonds is 8. The van der Waals surface area contributed by atoms with Crippen LogP contribution in [0.1, 0.15) is 31.6 Å². The van der Waals surface area contributed by atoms with Crippen LogP contribution in [0.5, 0.6) is 5.75 Å². The maximum absolute atomic E-state index is 14.9. The minimum Gasteiger partial charge on any atom is -0.491 e. The number of hydrogen-bond donors (Lipinski definition) is 0. The maximum atomic E-state index is 14.9. The highest BCUT2D eigenvalue weighted by Crippen LogP contribution is 2.32. The van der Waals surface area contributed by atoms with Crippen molar-refractivity contribution in [1.82, 2.24) is 0 Å². The summed E-state index contributed by atoms with van der Waals surface area (Å²) in [6.45, 7) is 7.15. The molecule has 0 spiro atoms. The van der Waals surface area contributed by atoms with E-state index >= 15 is 0 Å². The first kappa shape index (κ1) is 23.1. The quantitative estimate of drug-likeness (QED) is 0.336. The molecule has 0 N–H and O–H groups in total. The summed E-state index contributed by atoms with van der Waals surface area (Å²) in [6, 6.07) is 17.3. The summed E-state index contributed by atoms with van der Waals surface area (Å²) >= 11 is 0. The molecule has 172 valence electrons. The topological polar surface area (TPSA) is 27.7 Å². The van der Waals surface area contributed by atoms with Crippen molar-refractivity contribution in [2.75, 3.05) is 19.8 Å². The third kappa shape index (κ3) is 5.49. The summed E-state index contributed by atoms with van der Waals surface area (Å²) in [5.41, 5.74) is 3.47. The summed E-state index contributed by atoms with van der Waals surface area (Å²) in [6.07, 6.45) is 3.24. The molecule has 1 fully saturated rings. The summed E-state index contributed by atoms with van der Waals surface area (Å²) in [7, 11) is 0. The fraction of sp³-hybridized carbons (Fsp3) is 0.286. The van der Waals surface area contributed by atoms with Crippen LogP contribution in [0.2, 0.25) is 0 Å². The highest BCUT2D eigenvalue weighted by Gasteiger charge is 2.24. The Kier molecular flexibility index (Phi) is 7.53. The van der Waals surface area contributed by atoms with Crippen LogP contribution in [-0.4, -0.2) is 19.8 Å². The molecular weight excluding hydrogens is 422 g/mol. The predicted molar refractivity (Wildman–Crippen MR) is 126 cm³/mol. The van der Waals surface area contributed by atoms with Crippen LogP contribution in [-0.2, 0) is 9.47 Å². The number of benzene rings is 3. The van der Waals surface area contributed by atoms with Crippen LogP contribution >= 0.6 is 0 Å². The second-order valence-corrected chi connectivity index (χ2v) is 8.13. The third-order valence-corrected chi connectivity index (χ3v) is 5.77. The number of ether oxygens (including phenoxy) is 3. The fourth-order valence-electron chi connectivity index (χ4n) is 3.96. The van der Waals surface area contributed by atoms with Crippen LogP contribution in [0.15, 0.2) is 73.3 Å². The molecule has 0 amide bonds. The first-order valence-corrected chi connectivity index (χ1v) is 11.3. The average molecular weight is 451 g/mol. The van der Waals surface area contributed by atoms with E-state index in [0.29, 0.717) is 36.9 Å². The van der Waals surface area contributed by atoms with Gasteiger partial charge >= 0.3 is 0 Å². The Morgan fingerprint density at radius 3 is 2.24 bits per heavy atom. The van der Waals surface area contributed by atoms with Crippen molar-refractivity contribution >= 4 is 0 Å². The zero-order valence-electron chi connectivity index (χ0n) is 18.7. The Balaban J connectivity index is 1.45. The zero-order chi connectivity index (χ0) is 23.2. The summed E-state index contributed by atoms with van der Waals surface area (Å²) in [4.78, 5) is 0. The van der Waals surface area contributed by atoms with Gasteiger partial charge in [0.2, 0.25) is 0 Å². The molecule has 0 unspecified atom stereocenters. The van der Waals surface area contributed by atoms with E-state index < -0.39 is 12.1 Å². The Labute approximate surface area is 193 Å². The van der Waals surface area contributed by atoms with E-state index in [1.54, 1.807) is 12.1 Å². The fourth-order valence-corrected chi connectivity index (χ4v) is 3.96. The van der Waals surface area contributed by atoms with Crippen LogP contribution in [0.25, 0.3) is 22.3 Å². The molecule has 5 heteroatoms. The Morgan fingerprint density at radius 1 is 0.909 bits per heavy atom. The lowest BCUT2D eigenvalue weighted by Gasteiger charge is -2.29. The molecule has 3 aromatic rings. The Bertz CT molecular complexity index is 1090. The van der Waals surface area contributed by atoms with Crippen molar-refractivity contribution in [3.8, 4) is 28.0 Å². The van der Waals surface area contributed by atoms with Crippen molar-refractivity contribution in [3.63, 3.8) is 0 Å². The van der Waals surface area contributed by atoms with Gasteiger partial charge < -0.3 is 14.2 Å². The molecule has 1 saturated heterocycles. The molecule has 0 aliphatic carbocycles. The van der Waals surface area contributed by atoms with Gasteiger partial charge in [-0.2, -0.15) is 0 Å². The minimum absolute atomic E-state index is 0.234. The predicted octanol–water partition coefficient (Wildman–Crippen LogP) is 7.33. The van der Waals surface area contributed by atoms with Crippen molar-refractivity contribution in [3.05, 3.63) is 90.5 Å². The normalized spacial score (nSPS) is 18.2. The lowest BCUT2D eigenvalue weighted by Crippen LogP contribution is -2.27. The van der Waals surface area contributed by atoms with E-state index in [2.05, 4.69) is 6.58 Å². The highest BCUT2D eigenvalue weighted by molar-refractivity contribution is 5.71. The van der Waals surface area contributed by atoms with Crippen LogP contribution < -0.4 is 4.74 Å². The molecule has 3 nitrogen and oxygen atoms in total. The molecule has 0 radical (unpaired) electrons. The first-order valence-electron chi connectivity index (χ1n) is 11.3. The van der Waals surface area contributed by atoms with Gasteiger partial charge in [0.1, 0.15) is 5.82 Å². The average Bonchev–Trinajstić information content (AvgIpc) is 2.84. The van der Waals surface area contributed by atoms with Gasteiger partial charge in [0.15, 0.2) is 17.9 Å². The largest absolute Gasteiger partial charge is 0.491 e. The molecule has 1 aliphatic heterocycles. The van der Waals surface area contributed by atoms with Crippen molar-refractivity contribution in [1.29, 1.82) is 0 Å².